The first-order chi connectivity index (χ1) is 5.93. The van der Waals surface area contributed by atoms with Gasteiger partial charge in [-0.2, -0.15) is 0 Å². The van der Waals surface area contributed by atoms with Gasteiger partial charge in [0.15, 0.2) is 0 Å². The minimum Gasteiger partial charge on any atom is -0.395 e. The van der Waals surface area contributed by atoms with Crippen molar-refractivity contribution in [2.45, 2.75) is 0 Å². The van der Waals surface area contributed by atoms with E-state index in [1.165, 1.54) is 0 Å². The van der Waals surface area contributed by atoms with Gasteiger partial charge in [-0.25, -0.2) is 0 Å². The Morgan fingerprint density at radius 2 is 2.00 bits per heavy atom. The molecule has 0 saturated carbocycles. The zero-order valence-corrected chi connectivity index (χ0v) is 6.90. The summed E-state index contributed by atoms with van der Waals surface area (Å²) in [4.78, 5) is 0. The maximum atomic E-state index is 8.47. The zero-order chi connectivity index (χ0) is 8.65. The molecule has 0 unspecified atom stereocenters. The Kier molecular flexibility index (Phi) is 3.95. The lowest BCUT2D eigenvalue weighted by Crippen LogP contribution is -2.09. The minimum atomic E-state index is 0.166. The van der Waals surface area contributed by atoms with Crippen molar-refractivity contribution in [3.05, 3.63) is 42.1 Å². The topological polar surface area (TPSA) is 32.3 Å². The molecule has 2 nitrogen and oxygen atoms in total. The molecule has 0 aliphatic carbocycles. The lowest BCUT2D eigenvalue weighted by molar-refractivity contribution is 0.298. The van der Waals surface area contributed by atoms with Gasteiger partial charge in [-0.1, -0.05) is 30.3 Å². The molecule has 0 bridgehead atoms. The molecule has 2 N–H and O–H groups in total. The highest BCUT2D eigenvalue weighted by atomic mass is 16.3. The molecule has 12 heavy (non-hydrogen) atoms. The molecule has 1 aromatic carbocycles. The van der Waals surface area contributed by atoms with E-state index in [1.807, 2.05) is 42.6 Å². The molecule has 0 saturated heterocycles. The monoisotopic (exact) mass is 163 g/mol. The van der Waals surface area contributed by atoms with Crippen molar-refractivity contribution in [1.82, 2.24) is 5.32 Å². The third-order valence-electron chi connectivity index (χ3n) is 1.45. The molecule has 2 heteroatoms. The number of aliphatic hydroxyl groups excluding tert-OH is 1. The van der Waals surface area contributed by atoms with E-state index in [-0.39, 0.29) is 6.61 Å². The highest BCUT2D eigenvalue weighted by molar-refractivity contribution is 5.48. The van der Waals surface area contributed by atoms with Crippen LogP contribution in [0.15, 0.2) is 36.5 Å². The predicted octanol–water partition coefficient (Wildman–Crippen LogP) is 1.24. The molecule has 1 rings (SSSR count). The smallest absolute Gasteiger partial charge is 0.0603 e. The molecule has 0 aliphatic heterocycles. The van der Waals surface area contributed by atoms with E-state index in [9.17, 15) is 0 Å². The molecule has 0 aromatic heterocycles. The fourth-order valence-corrected chi connectivity index (χ4v) is 0.867. The van der Waals surface area contributed by atoms with Crippen molar-refractivity contribution >= 4 is 6.08 Å². The van der Waals surface area contributed by atoms with E-state index in [2.05, 4.69) is 5.32 Å². The molecule has 64 valence electrons. The Labute approximate surface area is 72.5 Å². The highest BCUT2D eigenvalue weighted by Crippen LogP contribution is 1.99. The maximum absolute atomic E-state index is 8.47. The summed E-state index contributed by atoms with van der Waals surface area (Å²) < 4.78 is 0. The molecule has 0 radical (unpaired) electrons. The van der Waals surface area contributed by atoms with Crippen molar-refractivity contribution in [2.24, 2.45) is 0 Å². The fraction of sp³-hybridized carbons (Fsp3) is 0.200. The maximum Gasteiger partial charge on any atom is 0.0603 e. The van der Waals surface area contributed by atoms with Crippen LogP contribution in [-0.4, -0.2) is 18.3 Å². The van der Waals surface area contributed by atoms with Crippen molar-refractivity contribution in [3.63, 3.8) is 0 Å². The lowest BCUT2D eigenvalue weighted by atomic mass is 10.2. The Morgan fingerprint density at radius 3 is 2.67 bits per heavy atom. The van der Waals surface area contributed by atoms with Gasteiger partial charge in [-0.3, -0.25) is 0 Å². The van der Waals surface area contributed by atoms with Gasteiger partial charge in [0, 0.05) is 6.54 Å². The largest absolute Gasteiger partial charge is 0.395 e. The third-order valence-corrected chi connectivity index (χ3v) is 1.45. The molecule has 0 atom stereocenters. The summed E-state index contributed by atoms with van der Waals surface area (Å²) in [7, 11) is 0. The first-order valence-electron chi connectivity index (χ1n) is 3.99. The molecule has 0 spiro atoms. The van der Waals surface area contributed by atoms with Gasteiger partial charge < -0.3 is 10.4 Å². The van der Waals surface area contributed by atoms with Crippen LogP contribution in [0.1, 0.15) is 5.56 Å². The average molecular weight is 163 g/mol. The molecule has 1 aromatic rings. The van der Waals surface area contributed by atoms with E-state index in [0.29, 0.717) is 6.54 Å². The molecular weight excluding hydrogens is 150 g/mol. The van der Waals surface area contributed by atoms with Crippen LogP contribution in [0.4, 0.5) is 0 Å². The summed E-state index contributed by atoms with van der Waals surface area (Å²) in [6, 6.07) is 10.0. The quantitative estimate of drug-likeness (QED) is 0.654. The summed E-state index contributed by atoms with van der Waals surface area (Å²) in [5.74, 6) is 0. The van der Waals surface area contributed by atoms with E-state index in [1.54, 1.807) is 0 Å². The van der Waals surface area contributed by atoms with E-state index in [0.717, 1.165) is 5.56 Å². The second kappa shape index (κ2) is 5.38. The predicted molar refractivity (Wildman–Crippen MR) is 50.6 cm³/mol. The molecule has 0 aliphatic rings. The Morgan fingerprint density at radius 1 is 1.25 bits per heavy atom. The van der Waals surface area contributed by atoms with Gasteiger partial charge >= 0.3 is 0 Å². The molecule has 0 heterocycles. The molecule has 0 amide bonds. The van der Waals surface area contributed by atoms with Gasteiger partial charge in [-0.15, -0.1) is 0 Å². The highest BCUT2D eigenvalue weighted by Gasteiger charge is 1.80. The second-order valence-electron chi connectivity index (χ2n) is 2.42. The van der Waals surface area contributed by atoms with Crippen LogP contribution in [0.3, 0.4) is 0 Å². The minimum absolute atomic E-state index is 0.166. The van der Waals surface area contributed by atoms with Gasteiger partial charge in [0.05, 0.1) is 6.61 Å². The number of hydrogen-bond donors (Lipinski definition) is 2. The van der Waals surface area contributed by atoms with Crippen molar-refractivity contribution < 1.29 is 5.11 Å². The second-order valence-corrected chi connectivity index (χ2v) is 2.42. The summed E-state index contributed by atoms with van der Waals surface area (Å²) >= 11 is 0. The standard InChI is InChI=1S/C10H13NO/c12-9-8-11-7-6-10-4-2-1-3-5-10/h1-7,11-12H,8-9H2/b7-6+. The van der Waals surface area contributed by atoms with E-state index < -0.39 is 0 Å². The van der Waals surface area contributed by atoms with Crippen LogP contribution in [0, 0.1) is 0 Å². The summed E-state index contributed by atoms with van der Waals surface area (Å²) in [6.07, 6.45) is 3.81. The number of benzene rings is 1. The zero-order valence-electron chi connectivity index (χ0n) is 6.90. The van der Waals surface area contributed by atoms with Gasteiger partial charge in [0.25, 0.3) is 0 Å². The van der Waals surface area contributed by atoms with Gasteiger partial charge in [0.2, 0.25) is 0 Å². The summed E-state index contributed by atoms with van der Waals surface area (Å²) in [5, 5.41) is 11.4. The van der Waals surface area contributed by atoms with E-state index in [4.69, 9.17) is 5.11 Å². The number of hydrogen-bond acceptors (Lipinski definition) is 2. The normalized spacial score (nSPS) is 10.4. The van der Waals surface area contributed by atoms with Crippen molar-refractivity contribution in [3.8, 4) is 0 Å². The van der Waals surface area contributed by atoms with Crippen molar-refractivity contribution in [2.75, 3.05) is 13.2 Å². The van der Waals surface area contributed by atoms with Crippen LogP contribution in [0.25, 0.3) is 6.08 Å². The number of nitrogens with one attached hydrogen (secondary N) is 1. The Balaban J connectivity index is 2.36. The molecule has 0 fully saturated rings. The van der Waals surface area contributed by atoms with Crippen LogP contribution in [0.2, 0.25) is 0 Å². The van der Waals surface area contributed by atoms with Gasteiger partial charge in [0.1, 0.15) is 0 Å². The van der Waals surface area contributed by atoms with Crippen LogP contribution in [-0.2, 0) is 0 Å². The first-order valence-corrected chi connectivity index (χ1v) is 3.99. The number of aliphatic hydroxyl groups is 1. The van der Waals surface area contributed by atoms with E-state index >= 15 is 0 Å². The summed E-state index contributed by atoms with van der Waals surface area (Å²) in [5.41, 5.74) is 1.16. The number of rotatable bonds is 4. The SMILES string of the molecule is OCCN/C=C/c1ccccc1. The van der Waals surface area contributed by atoms with Crippen LogP contribution >= 0.6 is 0 Å². The van der Waals surface area contributed by atoms with Crippen molar-refractivity contribution in [1.29, 1.82) is 0 Å². The Bertz CT molecular complexity index is 231. The van der Waals surface area contributed by atoms with Gasteiger partial charge in [-0.05, 0) is 17.8 Å². The fourth-order valence-electron chi connectivity index (χ4n) is 0.867. The van der Waals surface area contributed by atoms with Crippen LogP contribution < -0.4 is 5.32 Å². The summed E-state index contributed by atoms with van der Waals surface area (Å²) in [6.45, 7) is 0.766. The Hall–Kier alpha value is -1.28. The van der Waals surface area contributed by atoms with Crippen LogP contribution in [0.5, 0.6) is 0 Å². The first kappa shape index (κ1) is 8.81. The lowest BCUT2D eigenvalue weighted by Gasteiger charge is -1.94. The third kappa shape index (κ3) is 3.21. The molecular formula is C10H13NO. The average Bonchev–Trinajstić information content (AvgIpc) is 2.14.